The molecule has 0 aliphatic carbocycles. The van der Waals surface area contributed by atoms with Gasteiger partial charge in [0.1, 0.15) is 0 Å². The van der Waals surface area contributed by atoms with Gasteiger partial charge >= 0.3 is 0 Å². The number of carbonyl (C=O) groups excluding carboxylic acids is 1. The molecule has 6 heteroatoms. The highest BCUT2D eigenvalue weighted by Gasteiger charge is 2.27. The standard InChI is InChI=1S/C10H20N2O3S/c1-4-12(16(3,14)15)8-10-5-6-11(7-10)9(2)13/h10H,4-8H2,1-3H3. The Morgan fingerprint density at radius 2 is 2.12 bits per heavy atom. The molecule has 16 heavy (non-hydrogen) atoms. The quantitative estimate of drug-likeness (QED) is 0.711. The van der Waals surface area contributed by atoms with Gasteiger partial charge < -0.3 is 4.90 Å². The minimum Gasteiger partial charge on any atom is -0.343 e. The monoisotopic (exact) mass is 248 g/mol. The molecule has 0 aromatic carbocycles. The Balaban J connectivity index is 2.53. The largest absolute Gasteiger partial charge is 0.343 e. The lowest BCUT2D eigenvalue weighted by Gasteiger charge is -2.21. The van der Waals surface area contributed by atoms with E-state index < -0.39 is 10.0 Å². The van der Waals surface area contributed by atoms with E-state index in [0.717, 1.165) is 13.0 Å². The Kier molecular flexibility index (Phi) is 4.32. The summed E-state index contributed by atoms with van der Waals surface area (Å²) in [5.74, 6) is 0.350. The van der Waals surface area contributed by atoms with Gasteiger partial charge in [0.25, 0.3) is 0 Å². The van der Waals surface area contributed by atoms with Crippen molar-refractivity contribution in [3.05, 3.63) is 0 Å². The van der Waals surface area contributed by atoms with Gasteiger partial charge in [0.05, 0.1) is 6.26 Å². The Morgan fingerprint density at radius 1 is 1.50 bits per heavy atom. The fourth-order valence-electron chi connectivity index (χ4n) is 2.05. The lowest BCUT2D eigenvalue weighted by Crippen LogP contribution is -2.35. The van der Waals surface area contributed by atoms with Crippen molar-refractivity contribution in [2.75, 3.05) is 32.4 Å². The van der Waals surface area contributed by atoms with Crippen molar-refractivity contribution in [2.45, 2.75) is 20.3 Å². The zero-order chi connectivity index (χ0) is 12.3. The third-order valence-corrected chi connectivity index (χ3v) is 4.36. The summed E-state index contributed by atoms with van der Waals surface area (Å²) in [6.07, 6.45) is 2.12. The van der Waals surface area contributed by atoms with Crippen molar-refractivity contribution in [3.8, 4) is 0 Å². The number of rotatable bonds is 4. The SMILES string of the molecule is CCN(CC1CCN(C(C)=O)C1)S(C)(=O)=O. The highest BCUT2D eigenvalue weighted by Crippen LogP contribution is 2.18. The fourth-order valence-corrected chi connectivity index (χ4v) is 3.01. The molecule has 1 saturated heterocycles. The first-order chi connectivity index (χ1) is 7.34. The summed E-state index contributed by atoms with van der Waals surface area (Å²) in [7, 11) is -3.11. The van der Waals surface area contributed by atoms with Crippen molar-refractivity contribution in [1.82, 2.24) is 9.21 Å². The Bertz CT molecular complexity index is 353. The highest BCUT2D eigenvalue weighted by atomic mass is 32.2. The molecule has 0 radical (unpaired) electrons. The van der Waals surface area contributed by atoms with Gasteiger partial charge in [-0.15, -0.1) is 0 Å². The van der Waals surface area contributed by atoms with E-state index in [4.69, 9.17) is 0 Å². The van der Waals surface area contributed by atoms with Crippen LogP contribution in [-0.4, -0.2) is 56.0 Å². The molecule has 1 rings (SSSR count). The fraction of sp³-hybridized carbons (Fsp3) is 0.900. The normalized spacial score (nSPS) is 21.8. The zero-order valence-electron chi connectivity index (χ0n) is 10.1. The molecule has 94 valence electrons. The lowest BCUT2D eigenvalue weighted by atomic mass is 10.1. The molecule has 1 aliphatic heterocycles. The van der Waals surface area contributed by atoms with Crippen LogP contribution in [0.5, 0.6) is 0 Å². The van der Waals surface area contributed by atoms with Crippen molar-refractivity contribution in [2.24, 2.45) is 5.92 Å². The number of nitrogens with zero attached hydrogens (tertiary/aromatic N) is 2. The van der Waals surface area contributed by atoms with Crippen LogP contribution in [0.15, 0.2) is 0 Å². The minimum absolute atomic E-state index is 0.0740. The second-order valence-electron chi connectivity index (χ2n) is 4.33. The van der Waals surface area contributed by atoms with Gasteiger partial charge in [0.15, 0.2) is 0 Å². The molecule has 5 nitrogen and oxygen atoms in total. The highest BCUT2D eigenvalue weighted by molar-refractivity contribution is 7.88. The van der Waals surface area contributed by atoms with Crippen LogP contribution in [0.3, 0.4) is 0 Å². The molecule has 0 aromatic heterocycles. The summed E-state index contributed by atoms with van der Waals surface area (Å²) < 4.78 is 24.3. The molecule has 1 aliphatic rings. The molecule has 0 bridgehead atoms. The van der Waals surface area contributed by atoms with Crippen LogP contribution in [0, 0.1) is 5.92 Å². The van der Waals surface area contributed by atoms with Crippen LogP contribution < -0.4 is 0 Å². The van der Waals surface area contributed by atoms with E-state index in [-0.39, 0.29) is 11.8 Å². The Morgan fingerprint density at radius 3 is 2.50 bits per heavy atom. The van der Waals surface area contributed by atoms with Crippen LogP contribution in [0.25, 0.3) is 0 Å². The zero-order valence-corrected chi connectivity index (χ0v) is 11.0. The van der Waals surface area contributed by atoms with E-state index >= 15 is 0 Å². The second kappa shape index (κ2) is 5.14. The predicted molar refractivity (Wildman–Crippen MR) is 62.5 cm³/mol. The summed E-state index contributed by atoms with van der Waals surface area (Å²) in [6, 6.07) is 0. The summed E-state index contributed by atoms with van der Waals surface area (Å²) in [6.45, 7) is 5.84. The molecule has 1 heterocycles. The molecule has 0 saturated carbocycles. The number of hydrogen-bond acceptors (Lipinski definition) is 3. The maximum Gasteiger partial charge on any atom is 0.219 e. The number of likely N-dealkylation sites (tertiary alicyclic amines) is 1. The number of carbonyl (C=O) groups is 1. The smallest absolute Gasteiger partial charge is 0.219 e. The van der Waals surface area contributed by atoms with E-state index in [1.165, 1.54) is 10.6 Å². The molecule has 1 amide bonds. The summed E-state index contributed by atoms with van der Waals surface area (Å²) in [4.78, 5) is 12.9. The maximum atomic E-state index is 11.4. The molecule has 0 aromatic rings. The van der Waals surface area contributed by atoms with Crippen LogP contribution >= 0.6 is 0 Å². The summed E-state index contributed by atoms with van der Waals surface area (Å²) in [5.41, 5.74) is 0. The van der Waals surface area contributed by atoms with Gasteiger partial charge in [-0.05, 0) is 12.3 Å². The Labute approximate surface area is 97.5 Å². The number of hydrogen-bond donors (Lipinski definition) is 0. The van der Waals surface area contributed by atoms with Crippen LogP contribution in [-0.2, 0) is 14.8 Å². The van der Waals surface area contributed by atoms with Gasteiger partial charge in [-0.25, -0.2) is 12.7 Å². The van der Waals surface area contributed by atoms with Gasteiger partial charge in [-0.1, -0.05) is 6.92 Å². The molecule has 1 unspecified atom stereocenters. The molecule has 0 spiro atoms. The van der Waals surface area contributed by atoms with Crippen molar-refractivity contribution in [3.63, 3.8) is 0 Å². The van der Waals surface area contributed by atoms with Gasteiger partial charge in [0, 0.05) is 33.1 Å². The van der Waals surface area contributed by atoms with Crippen molar-refractivity contribution >= 4 is 15.9 Å². The molecular formula is C10H20N2O3S. The third kappa shape index (κ3) is 3.45. The topological polar surface area (TPSA) is 57.7 Å². The van der Waals surface area contributed by atoms with Crippen LogP contribution in [0.2, 0.25) is 0 Å². The molecule has 1 fully saturated rings. The van der Waals surface area contributed by atoms with Gasteiger partial charge in [-0.3, -0.25) is 4.79 Å². The second-order valence-corrected chi connectivity index (χ2v) is 6.32. The van der Waals surface area contributed by atoms with Crippen molar-refractivity contribution < 1.29 is 13.2 Å². The average molecular weight is 248 g/mol. The average Bonchev–Trinajstić information content (AvgIpc) is 2.60. The van der Waals surface area contributed by atoms with Crippen LogP contribution in [0.1, 0.15) is 20.3 Å². The predicted octanol–water partition coefficient (Wildman–Crippen LogP) is 0.136. The molecule has 1 atom stereocenters. The van der Waals surface area contributed by atoms with Gasteiger partial charge in [-0.2, -0.15) is 0 Å². The maximum absolute atomic E-state index is 11.4. The molecular weight excluding hydrogens is 228 g/mol. The van der Waals surface area contributed by atoms with E-state index in [9.17, 15) is 13.2 Å². The molecule has 0 N–H and O–H groups in total. The van der Waals surface area contributed by atoms with Crippen molar-refractivity contribution in [1.29, 1.82) is 0 Å². The Hall–Kier alpha value is -0.620. The minimum atomic E-state index is -3.11. The summed E-state index contributed by atoms with van der Waals surface area (Å²) in [5, 5.41) is 0. The third-order valence-electron chi connectivity index (χ3n) is 3.01. The lowest BCUT2D eigenvalue weighted by molar-refractivity contribution is -0.127. The first-order valence-electron chi connectivity index (χ1n) is 5.55. The summed E-state index contributed by atoms with van der Waals surface area (Å²) >= 11 is 0. The first-order valence-corrected chi connectivity index (χ1v) is 7.40. The number of amides is 1. The van der Waals surface area contributed by atoms with E-state index in [1.54, 1.807) is 11.8 Å². The van der Waals surface area contributed by atoms with E-state index in [2.05, 4.69) is 0 Å². The first kappa shape index (κ1) is 13.4. The number of sulfonamides is 1. The van der Waals surface area contributed by atoms with E-state index in [0.29, 0.717) is 19.6 Å². The van der Waals surface area contributed by atoms with Crippen LogP contribution in [0.4, 0.5) is 0 Å². The van der Waals surface area contributed by atoms with Gasteiger partial charge in [0.2, 0.25) is 15.9 Å². The van der Waals surface area contributed by atoms with E-state index in [1.807, 2.05) is 6.92 Å².